The van der Waals surface area contributed by atoms with Crippen molar-refractivity contribution in [1.82, 2.24) is 10.4 Å². The molecule has 2 N–H and O–H groups in total. The molecule has 0 saturated carbocycles. The lowest BCUT2D eigenvalue weighted by Crippen LogP contribution is -2.15. The molecule has 5 nitrogen and oxygen atoms in total. The SMILES string of the molecule is COc1ccc2[nH]cc(/C=N/NC(=O)c3cccs3)c2c1. The van der Waals surface area contributed by atoms with Crippen LogP contribution in [0.25, 0.3) is 10.9 Å². The number of H-pyrrole nitrogens is 1. The number of ether oxygens (including phenoxy) is 1. The van der Waals surface area contributed by atoms with Crippen molar-refractivity contribution in [3.63, 3.8) is 0 Å². The van der Waals surface area contributed by atoms with Gasteiger partial charge in [0.1, 0.15) is 5.75 Å². The lowest BCUT2D eigenvalue weighted by atomic mass is 10.2. The molecule has 0 aliphatic carbocycles. The number of aromatic amines is 1. The molecule has 1 amide bonds. The van der Waals surface area contributed by atoms with Crippen molar-refractivity contribution >= 4 is 34.4 Å². The maximum Gasteiger partial charge on any atom is 0.281 e. The summed E-state index contributed by atoms with van der Waals surface area (Å²) in [5, 5.41) is 6.84. The highest BCUT2D eigenvalue weighted by atomic mass is 32.1. The molecule has 2 aromatic heterocycles. The van der Waals surface area contributed by atoms with Crippen molar-refractivity contribution in [3.05, 3.63) is 52.3 Å². The Hall–Kier alpha value is -2.60. The van der Waals surface area contributed by atoms with Gasteiger partial charge in [-0.25, -0.2) is 5.43 Å². The van der Waals surface area contributed by atoms with Gasteiger partial charge in [-0.2, -0.15) is 5.10 Å². The summed E-state index contributed by atoms with van der Waals surface area (Å²) in [4.78, 5) is 15.5. The number of hydrogen-bond acceptors (Lipinski definition) is 4. The number of benzene rings is 1. The van der Waals surface area contributed by atoms with Gasteiger partial charge in [0.25, 0.3) is 5.91 Å². The highest BCUT2D eigenvalue weighted by Gasteiger charge is 2.05. The zero-order valence-corrected chi connectivity index (χ0v) is 12.1. The van der Waals surface area contributed by atoms with Crippen molar-refractivity contribution < 1.29 is 9.53 Å². The predicted octanol–water partition coefficient (Wildman–Crippen LogP) is 3.00. The van der Waals surface area contributed by atoms with Crippen LogP contribution in [0.2, 0.25) is 0 Å². The van der Waals surface area contributed by atoms with Gasteiger partial charge in [0.05, 0.1) is 18.2 Å². The van der Waals surface area contributed by atoms with Gasteiger partial charge in [0, 0.05) is 22.7 Å². The summed E-state index contributed by atoms with van der Waals surface area (Å²) in [6.07, 6.45) is 3.45. The van der Waals surface area contributed by atoms with Crippen LogP contribution in [0, 0.1) is 0 Å². The third kappa shape index (κ3) is 2.80. The van der Waals surface area contributed by atoms with E-state index < -0.39 is 0 Å². The normalized spacial score (nSPS) is 11.1. The van der Waals surface area contributed by atoms with Crippen LogP contribution in [0.3, 0.4) is 0 Å². The molecule has 0 fully saturated rings. The number of hydrazone groups is 1. The minimum Gasteiger partial charge on any atom is -0.497 e. The minimum atomic E-state index is -0.210. The Balaban J connectivity index is 1.78. The number of carbonyl (C=O) groups is 1. The second kappa shape index (κ2) is 5.80. The van der Waals surface area contributed by atoms with E-state index in [1.165, 1.54) is 11.3 Å². The zero-order valence-electron chi connectivity index (χ0n) is 11.3. The van der Waals surface area contributed by atoms with E-state index in [0.29, 0.717) is 4.88 Å². The van der Waals surface area contributed by atoms with Gasteiger partial charge in [-0.1, -0.05) is 6.07 Å². The summed E-state index contributed by atoms with van der Waals surface area (Å²) in [6.45, 7) is 0. The molecule has 0 radical (unpaired) electrons. The lowest BCUT2D eigenvalue weighted by molar-refractivity contribution is 0.0959. The van der Waals surface area contributed by atoms with E-state index >= 15 is 0 Å². The van der Waals surface area contributed by atoms with E-state index in [-0.39, 0.29) is 5.91 Å². The number of nitrogens with one attached hydrogen (secondary N) is 2. The Morgan fingerprint density at radius 1 is 1.43 bits per heavy atom. The van der Waals surface area contributed by atoms with Gasteiger partial charge in [-0.15, -0.1) is 11.3 Å². The molecule has 0 spiro atoms. The number of rotatable bonds is 4. The van der Waals surface area contributed by atoms with Crippen LogP contribution in [0.4, 0.5) is 0 Å². The Labute approximate surface area is 125 Å². The molecule has 0 atom stereocenters. The largest absolute Gasteiger partial charge is 0.497 e. The first kappa shape index (κ1) is 13.4. The van der Waals surface area contributed by atoms with Gasteiger partial charge in [0.15, 0.2) is 0 Å². The van der Waals surface area contributed by atoms with E-state index in [1.807, 2.05) is 35.8 Å². The maximum atomic E-state index is 11.8. The summed E-state index contributed by atoms with van der Waals surface area (Å²) in [6, 6.07) is 9.34. The first-order chi connectivity index (χ1) is 10.3. The highest BCUT2D eigenvalue weighted by Crippen LogP contribution is 2.22. The number of aromatic nitrogens is 1. The molecule has 3 rings (SSSR count). The predicted molar refractivity (Wildman–Crippen MR) is 84.2 cm³/mol. The number of thiophene rings is 1. The molecule has 2 heterocycles. The number of methoxy groups -OCH3 is 1. The quantitative estimate of drug-likeness (QED) is 0.574. The molecular formula is C15H13N3O2S. The third-order valence-corrected chi connectivity index (χ3v) is 3.90. The maximum absolute atomic E-state index is 11.8. The van der Waals surface area contributed by atoms with Crippen LogP contribution in [0.5, 0.6) is 5.75 Å². The minimum absolute atomic E-state index is 0.210. The highest BCUT2D eigenvalue weighted by molar-refractivity contribution is 7.12. The number of fused-ring (bicyclic) bond motifs is 1. The topological polar surface area (TPSA) is 66.5 Å². The number of nitrogens with zero attached hydrogens (tertiary/aromatic N) is 1. The lowest BCUT2D eigenvalue weighted by Gasteiger charge is -1.99. The molecule has 0 aliphatic heterocycles. The Kier molecular flexibility index (Phi) is 3.70. The van der Waals surface area contributed by atoms with Crippen LogP contribution in [-0.4, -0.2) is 24.2 Å². The standard InChI is InChI=1S/C15H13N3O2S/c1-20-11-4-5-13-12(7-11)10(8-16-13)9-17-18-15(19)14-3-2-6-21-14/h2-9,16H,1H3,(H,18,19)/b17-9+. The third-order valence-electron chi connectivity index (χ3n) is 3.04. The van der Waals surface area contributed by atoms with Crippen LogP contribution in [-0.2, 0) is 0 Å². The first-order valence-electron chi connectivity index (χ1n) is 6.30. The fraction of sp³-hybridized carbons (Fsp3) is 0.0667. The van der Waals surface area contributed by atoms with Crippen molar-refractivity contribution in [2.24, 2.45) is 5.10 Å². The van der Waals surface area contributed by atoms with Gasteiger partial charge >= 0.3 is 0 Å². The Bertz CT molecular complexity index is 790. The van der Waals surface area contributed by atoms with Crippen LogP contribution in [0.15, 0.2) is 47.0 Å². The average molecular weight is 299 g/mol. The molecule has 0 saturated heterocycles. The van der Waals surface area contributed by atoms with Crippen LogP contribution < -0.4 is 10.2 Å². The monoisotopic (exact) mass is 299 g/mol. The Morgan fingerprint density at radius 2 is 2.33 bits per heavy atom. The summed E-state index contributed by atoms with van der Waals surface area (Å²) < 4.78 is 5.21. The molecule has 0 unspecified atom stereocenters. The Morgan fingerprint density at radius 3 is 3.10 bits per heavy atom. The van der Waals surface area contributed by atoms with Gasteiger partial charge < -0.3 is 9.72 Å². The van der Waals surface area contributed by atoms with Crippen molar-refractivity contribution in [2.45, 2.75) is 0 Å². The summed E-state index contributed by atoms with van der Waals surface area (Å²) in [5.74, 6) is 0.568. The summed E-state index contributed by atoms with van der Waals surface area (Å²) in [7, 11) is 1.63. The number of carbonyl (C=O) groups excluding carboxylic acids is 1. The van der Waals surface area contributed by atoms with E-state index in [0.717, 1.165) is 22.2 Å². The van der Waals surface area contributed by atoms with Crippen molar-refractivity contribution in [3.8, 4) is 5.75 Å². The molecule has 106 valence electrons. The average Bonchev–Trinajstić information content (AvgIpc) is 3.16. The molecule has 21 heavy (non-hydrogen) atoms. The van der Waals surface area contributed by atoms with E-state index in [9.17, 15) is 4.79 Å². The van der Waals surface area contributed by atoms with Crippen LogP contribution >= 0.6 is 11.3 Å². The summed E-state index contributed by atoms with van der Waals surface area (Å²) in [5.41, 5.74) is 4.38. The van der Waals surface area contributed by atoms with E-state index in [4.69, 9.17) is 4.74 Å². The van der Waals surface area contributed by atoms with Gasteiger partial charge in [0.2, 0.25) is 0 Å². The van der Waals surface area contributed by atoms with Crippen molar-refractivity contribution in [2.75, 3.05) is 7.11 Å². The smallest absolute Gasteiger partial charge is 0.281 e. The first-order valence-corrected chi connectivity index (χ1v) is 7.18. The summed E-state index contributed by atoms with van der Waals surface area (Å²) >= 11 is 1.38. The fourth-order valence-corrected chi connectivity index (χ4v) is 2.59. The van der Waals surface area contributed by atoms with Crippen molar-refractivity contribution in [1.29, 1.82) is 0 Å². The molecular weight excluding hydrogens is 286 g/mol. The van der Waals surface area contributed by atoms with Gasteiger partial charge in [-0.3, -0.25) is 4.79 Å². The second-order valence-electron chi connectivity index (χ2n) is 4.33. The van der Waals surface area contributed by atoms with E-state index in [1.54, 1.807) is 19.4 Å². The van der Waals surface area contributed by atoms with E-state index in [2.05, 4.69) is 15.5 Å². The number of amides is 1. The van der Waals surface area contributed by atoms with Gasteiger partial charge in [-0.05, 0) is 29.6 Å². The van der Waals surface area contributed by atoms with Crippen LogP contribution in [0.1, 0.15) is 15.2 Å². The molecule has 1 aromatic carbocycles. The molecule has 0 aliphatic rings. The fourth-order valence-electron chi connectivity index (χ4n) is 1.98. The zero-order chi connectivity index (χ0) is 14.7. The molecule has 0 bridgehead atoms. The second-order valence-corrected chi connectivity index (χ2v) is 5.28. The molecule has 3 aromatic rings. The molecule has 6 heteroatoms. The number of hydrogen-bond donors (Lipinski definition) is 2.